The molecule has 0 aromatic heterocycles. The Morgan fingerprint density at radius 3 is 2.17 bits per heavy atom. The van der Waals surface area contributed by atoms with E-state index in [1.807, 2.05) is 65.0 Å². The summed E-state index contributed by atoms with van der Waals surface area (Å²) in [4.78, 5) is 26.3. The first-order valence-electron chi connectivity index (χ1n) is 19.7. The molecule has 54 heavy (non-hydrogen) atoms. The second-order valence-electron chi connectivity index (χ2n) is 16.1. The molecule has 1 aliphatic rings. The summed E-state index contributed by atoms with van der Waals surface area (Å²) < 4.78 is 12.1. The first-order valence-corrected chi connectivity index (χ1v) is 19.7. The van der Waals surface area contributed by atoms with Crippen LogP contribution in [0, 0.1) is 17.8 Å². The lowest BCUT2D eigenvalue weighted by atomic mass is 9.89. The van der Waals surface area contributed by atoms with E-state index in [1.165, 1.54) is 0 Å². The van der Waals surface area contributed by atoms with Crippen LogP contribution in [0.5, 0.6) is 0 Å². The summed E-state index contributed by atoms with van der Waals surface area (Å²) in [5, 5.41) is 49.5. The highest BCUT2D eigenvalue weighted by molar-refractivity contribution is 5.88. The van der Waals surface area contributed by atoms with E-state index in [2.05, 4.69) is 26.8 Å². The predicted octanol–water partition coefficient (Wildman–Crippen LogP) is 7.93. The molecule has 0 saturated heterocycles. The van der Waals surface area contributed by atoms with Crippen LogP contribution in [0.25, 0.3) is 0 Å². The smallest absolute Gasteiger partial charge is 0.334 e. The average molecular weight is 757 g/mol. The molecule has 5 N–H and O–H groups in total. The highest BCUT2D eigenvalue weighted by atomic mass is 16.5. The molecule has 0 spiro atoms. The van der Waals surface area contributed by atoms with Crippen LogP contribution in [0.2, 0.25) is 0 Å². The molecule has 0 radical (unpaired) electrons. The molecule has 0 saturated carbocycles. The first-order chi connectivity index (χ1) is 25.2. The average Bonchev–Trinajstić information content (AvgIpc) is 3.04. The largest absolute Gasteiger partial charge is 0.462 e. The van der Waals surface area contributed by atoms with Crippen LogP contribution >= 0.6 is 0 Å². The van der Waals surface area contributed by atoms with E-state index in [0.29, 0.717) is 31.3 Å². The molecule has 1 heterocycles. The normalized spacial score (nSPS) is 25.6. The van der Waals surface area contributed by atoms with Crippen LogP contribution in [-0.2, 0) is 19.1 Å². The summed E-state index contributed by atoms with van der Waals surface area (Å²) in [5.41, 5.74) is 5.34. The van der Waals surface area contributed by atoms with Crippen LogP contribution in [0.15, 0.2) is 82.0 Å². The Kier molecular flexibility index (Phi) is 22.8. The zero-order chi connectivity index (χ0) is 41.1. The number of carbonyl (C=O) groups excluding carboxylic acids is 2. The molecule has 0 aromatic rings. The summed E-state index contributed by atoms with van der Waals surface area (Å²) in [7, 11) is 0. The van der Waals surface area contributed by atoms with Crippen molar-refractivity contribution in [1.82, 2.24) is 0 Å². The minimum atomic E-state index is -1.07. The van der Waals surface area contributed by atoms with Gasteiger partial charge in [0.25, 0.3) is 0 Å². The van der Waals surface area contributed by atoms with Gasteiger partial charge in [-0.2, -0.15) is 0 Å². The number of hydrogen-bond donors (Lipinski definition) is 5. The highest BCUT2D eigenvalue weighted by Crippen LogP contribution is 2.28. The Bertz CT molecular complexity index is 1390. The third kappa shape index (κ3) is 20.6. The summed E-state index contributed by atoms with van der Waals surface area (Å²) in [6.07, 6.45) is 14.2. The van der Waals surface area contributed by atoms with Crippen molar-refractivity contribution in [2.24, 2.45) is 17.8 Å². The Hall–Kier alpha value is -3.08. The molecule has 9 nitrogen and oxygen atoms in total. The lowest BCUT2D eigenvalue weighted by Crippen LogP contribution is -2.28. The molecule has 0 bridgehead atoms. The van der Waals surface area contributed by atoms with Gasteiger partial charge in [0.05, 0.1) is 30.5 Å². The van der Waals surface area contributed by atoms with Gasteiger partial charge < -0.3 is 35.0 Å². The van der Waals surface area contributed by atoms with Crippen molar-refractivity contribution in [1.29, 1.82) is 0 Å². The van der Waals surface area contributed by atoms with Gasteiger partial charge in [-0.05, 0) is 105 Å². The number of allylic oxidation sites excluding steroid dienone is 10. The van der Waals surface area contributed by atoms with Gasteiger partial charge in [-0.1, -0.05) is 91.2 Å². The fourth-order valence-corrected chi connectivity index (χ4v) is 6.76. The van der Waals surface area contributed by atoms with E-state index in [0.717, 1.165) is 40.7 Å². The van der Waals surface area contributed by atoms with Crippen molar-refractivity contribution in [3.63, 3.8) is 0 Å². The van der Waals surface area contributed by atoms with Gasteiger partial charge >= 0.3 is 11.9 Å². The van der Waals surface area contributed by atoms with Gasteiger partial charge in [0.1, 0.15) is 12.2 Å². The van der Waals surface area contributed by atoms with E-state index in [9.17, 15) is 35.1 Å². The zero-order valence-electron chi connectivity index (χ0n) is 34.9. The van der Waals surface area contributed by atoms with Crippen molar-refractivity contribution < 1.29 is 44.6 Å². The molecule has 0 amide bonds. The van der Waals surface area contributed by atoms with Crippen molar-refractivity contribution in [3.8, 4) is 0 Å². The van der Waals surface area contributed by atoms with Crippen LogP contribution in [0.3, 0.4) is 0 Å². The third-order valence-electron chi connectivity index (χ3n) is 9.75. The molecule has 1 aliphatic heterocycles. The molecule has 0 aliphatic carbocycles. The standard InChI is InChI=1S/C45H72O9/c1-28(14-12-15-29(2)25-40(49)41(50)27-38(11)47)20-31(4)24-36(9)45(52)54-42-16-13-17-44(51)53-43(19-18-30(3)21-34(42)7)35(8)23-32(5)22-33(6)39(48)26-37(10)46/h12,14-15,18,20,22,24-25,33-35,37-43,46-50H,13,16-17,19,21,23,26-27H2,1-11H3/b15-12+,28-14+,29-25+,30-18+,31-20+,32-22+,36-24+/t33-,34+,35+,37-,38+,39-,40+,41+,42+,43-/m1/s1. The molecule has 306 valence electrons. The number of cyclic esters (lactones) is 1. The van der Waals surface area contributed by atoms with Crippen molar-refractivity contribution in [3.05, 3.63) is 82.0 Å². The van der Waals surface area contributed by atoms with Crippen LogP contribution in [-0.4, -0.2) is 80.2 Å². The Balaban J connectivity index is 2.94. The highest BCUT2D eigenvalue weighted by Gasteiger charge is 2.26. The molecule has 10 atom stereocenters. The van der Waals surface area contributed by atoms with E-state index >= 15 is 0 Å². The molecule has 9 heteroatoms. The van der Waals surface area contributed by atoms with Gasteiger partial charge in [-0.15, -0.1) is 0 Å². The van der Waals surface area contributed by atoms with Crippen LogP contribution < -0.4 is 0 Å². The monoisotopic (exact) mass is 757 g/mol. The Labute approximate surface area is 325 Å². The van der Waals surface area contributed by atoms with Gasteiger partial charge in [0.2, 0.25) is 0 Å². The third-order valence-corrected chi connectivity index (χ3v) is 9.75. The predicted molar refractivity (Wildman–Crippen MR) is 217 cm³/mol. The van der Waals surface area contributed by atoms with Crippen LogP contribution in [0.4, 0.5) is 0 Å². The number of aliphatic hydroxyl groups is 5. The number of aliphatic hydroxyl groups excluding tert-OH is 5. The maximum absolute atomic E-state index is 13.3. The Morgan fingerprint density at radius 1 is 0.907 bits per heavy atom. The lowest BCUT2D eigenvalue weighted by Gasteiger charge is -2.27. The molecule has 0 fully saturated rings. The Morgan fingerprint density at radius 2 is 1.54 bits per heavy atom. The second-order valence-corrected chi connectivity index (χ2v) is 16.1. The summed E-state index contributed by atoms with van der Waals surface area (Å²) in [6, 6.07) is 0. The van der Waals surface area contributed by atoms with Crippen molar-refractivity contribution in [2.45, 2.75) is 170 Å². The van der Waals surface area contributed by atoms with Crippen molar-refractivity contribution >= 4 is 11.9 Å². The van der Waals surface area contributed by atoms with E-state index in [-0.39, 0.29) is 54.7 Å². The van der Waals surface area contributed by atoms with E-state index in [1.54, 1.807) is 32.9 Å². The maximum atomic E-state index is 13.3. The molecule has 0 unspecified atom stereocenters. The van der Waals surface area contributed by atoms with Crippen LogP contribution in [0.1, 0.15) is 128 Å². The number of ether oxygens (including phenoxy) is 2. The minimum Gasteiger partial charge on any atom is -0.462 e. The van der Waals surface area contributed by atoms with Gasteiger partial charge in [-0.3, -0.25) is 4.79 Å². The molecular weight excluding hydrogens is 684 g/mol. The number of esters is 2. The molecule has 1 rings (SSSR count). The molecular formula is C45H72O9. The lowest BCUT2D eigenvalue weighted by molar-refractivity contribution is -0.152. The molecule has 0 aromatic carbocycles. The van der Waals surface area contributed by atoms with Gasteiger partial charge in [-0.25, -0.2) is 4.79 Å². The summed E-state index contributed by atoms with van der Waals surface area (Å²) >= 11 is 0. The first kappa shape index (κ1) is 48.9. The van der Waals surface area contributed by atoms with Gasteiger partial charge in [0, 0.05) is 30.8 Å². The fraction of sp³-hybridized carbons (Fsp3) is 0.644. The number of rotatable bonds is 17. The minimum absolute atomic E-state index is 0.0535. The summed E-state index contributed by atoms with van der Waals surface area (Å²) in [6.45, 7) is 20.9. The van der Waals surface area contributed by atoms with E-state index < -0.39 is 30.5 Å². The topological polar surface area (TPSA) is 154 Å². The number of hydrogen-bond acceptors (Lipinski definition) is 9. The second kappa shape index (κ2) is 25.2. The van der Waals surface area contributed by atoms with Crippen molar-refractivity contribution in [2.75, 3.05) is 0 Å². The SMILES string of the molecule is CC(=C\C=C\C(C)=C\[C@H](O)[C@@H](O)C[C@H](C)O)/C=C(C)/C=C(\C)C(=O)O[C@H]1CCCC(=O)O[C@@H]([C@@H](C)C/C(C)=C/[C@@H](C)[C@H](O)C[C@@H](C)O)C/C=C(\C)C[C@@H]1C. The van der Waals surface area contributed by atoms with E-state index in [4.69, 9.17) is 9.47 Å². The maximum Gasteiger partial charge on any atom is 0.334 e. The quantitative estimate of drug-likeness (QED) is 0.0431. The number of carbonyl (C=O) groups is 2. The van der Waals surface area contributed by atoms with Gasteiger partial charge in [0.15, 0.2) is 0 Å². The fourth-order valence-electron chi connectivity index (χ4n) is 6.76. The summed E-state index contributed by atoms with van der Waals surface area (Å²) in [5.74, 6) is -0.620. The zero-order valence-corrected chi connectivity index (χ0v) is 34.9.